The fraction of sp³-hybridized carbons (Fsp3) is 0.800. The summed E-state index contributed by atoms with van der Waals surface area (Å²) >= 11 is 0. The molecule has 1 unspecified atom stereocenters. The number of carbonyl (C=O) groups excluding carboxylic acids is 2. The van der Waals surface area contributed by atoms with Crippen molar-refractivity contribution in [2.45, 2.75) is 84.0 Å². The second-order valence-corrected chi connectivity index (χ2v) is 8.65. The fourth-order valence-corrected chi connectivity index (χ4v) is 3.34. The lowest BCUT2D eigenvalue weighted by Gasteiger charge is -2.31. The Kier molecular flexibility index (Phi) is 8.43. The van der Waals surface area contributed by atoms with Gasteiger partial charge in [0.2, 0.25) is 5.91 Å². The van der Waals surface area contributed by atoms with Crippen molar-refractivity contribution in [3.63, 3.8) is 0 Å². The van der Waals surface area contributed by atoms with Crippen molar-refractivity contribution in [2.75, 3.05) is 19.6 Å². The van der Waals surface area contributed by atoms with Crippen molar-refractivity contribution in [3.8, 4) is 0 Å². The maximum Gasteiger partial charge on any atom is 0.407 e. The predicted molar refractivity (Wildman–Crippen MR) is 108 cm³/mol. The Morgan fingerprint density at radius 1 is 1.24 bits per heavy atom. The number of amides is 2. The average Bonchev–Trinajstić information content (AvgIpc) is 3.08. The van der Waals surface area contributed by atoms with E-state index in [0.29, 0.717) is 13.0 Å². The van der Waals surface area contributed by atoms with Crippen molar-refractivity contribution in [1.82, 2.24) is 25.2 Å². The number of nitrogens with zero attached hydrogens (tertiary/aromatic N) is 4. The number of likely N-dealkylation sites (tertiary alicyclic amines) is 1. The molecule has 2 heterocycles. The Labute approximate surface area is 172 Å². The number of aryl methyl sites for hydroxylation is 1. The second-order valence-electron chi connectivity index (χ2n) is 8.65. The maximum atomic E-state index is 12.8. The van der Waals surface area contributed by atoms with Crippen LogP contribution in [0.15, 0.2) is 6.20 Å². The number of nitrogens with one attached hydrogen (secondary N) is 1. The van der Waals surface area contributed by atoms with E-state index in [1.807, 2.05) is 25.7 Å². The first-order valence-corrected chi connectivity index (χ1v) is 10.5. The molecule has 1 aliphatic rings. The van der Waals surface area contributed by atoms with Crippen molar-refractivity contribution in [2.24, 2.45) is 0 Å². The van der Waals surface area contributed by atoms with Crippen molar-refractivity contribution >= 4 is 12.0 Å². The van der Waals surface area contributed by atoms with E-state index < -0.39 is 23.8 Å². The molecule has 29 heavy (non-hydrogen) atoms. The summed E-state index contributed by atoms with van der Waals surface area (Å²) in [5.41, 5.74) is 0.258. The molecule has 0 aromatic carbocycles. The summed E-state index contributed by atoms with van der Waals surface area (Å²) in [7, 11) is 0. The molecule has 1 saturated heterocycles. The zero-order valence-corrected chi connectivity index (χ0v) is 18.1. The number of alkyl carbamates (subject to hydrolysis) is 1. The topological polar surface area (TPSA) is 110 Å². The number of hydrogen-bond acceptors (Lipinski definition) is 6. The van der Waals surface area contributed by atoms with Gasteiger partial charge in [0.15, 0.2) is 6.04 Å². The molecule has 2 atom stereocenters. The van der Waals surface area contributed by atoms with Gasteiger partial charge >= 0.3 is 6.09 Å². The minimum absolute atomic E-state index is 0.0993. The molecule has 9 heteroatoms. The number of rotatable bonds is 8. The van der Waals surface area contributed by atoms with Gasteiger partial charge in [-0.1, -0.05) is 5.21 Å². The first-order chi connectivity index (χ1) is 13.7. The zero-order chi connectivity index (χ0) is 21.4. The summed E-state index contributed by atoms with van der Waals surface area (Å²) in [6, 6.07) is -0.747. The van der Waals surface area contributed by atoms with Crippen molar-refractivity contribution in [3.05, 3.63) is 11.9 Å². The van der Waals surface area contributed by atoms with E-state index in [2.05, 4.69) is 15.6 Å². The van der Waals surface area contributed by atoms with E-state index in [1.54, 1.807) is 13.1 Å². The lowest BCUT2D eigenvalue weighted by molar-refractivity contribution is -0.139. The number of piperidine rings is 1. The summed E-state index contributed by atoms with van der Waals surface area (Å²) < 4.78 is 6.67. The van der Waals surface area contributed by atoms with Crippen LogP contribution in [0.3, 0.4) is 0 Å². The summed E-state index contributed by atoms with van der Waals surface area (Å²) in [5, 5.41) is 21.1. The van der Waals surface area contributed by atoms with Gasteiger partial charge in [0.05, 0.1) is 11.8 Å². The largest absolute Gasteiger partial charge is 0.444 e. The van der Waals surface area contributed by atoms with Crippen LogP contribution in [0.1, 0.15) is 71.5 Å². The quantitative estimate of drug-likeness (QED) is 0.636. The van der Waals surface area contributed by atoms with Crippen LogP contribution in [0.25, 0.3) is 0 Å². The number of hydrogen-bond donors (Lipinski definition) is 2. The lowest BCUT2D eigenvalue weighted by atomic mass is 10.1. The first kappa shape index (κ1) is 23.1. The molecule has 2 N–H and O–H groups in total. The van der Waals surface area contributed by atoms with Gasteiger partial charge < -0.3 is 20.1 Å². The van der Waals surface area contributed by atoms with E-state index in [9.17, 15) is 14.7 Å². The van der Waals surface area contributed by atoms with Crippen LogP contribution in [-0.2, 0) is 16.0 Å². The van der Waals surface area contributed by atoms with Gasteiger partial charge in [-0.2, -0.15) is 0 Å². The van der Waals surface area contributed by atoms with Gasteiger partial charge in [-0.15, -0.1) is 5.10 Å². The Bertz CT molecular complexity index is 662. The van der Waals surface area contributed by atoms with Gasteiger partial charge in [-0.25, -0.2) is 9.48 Å². The van der Waals surface area contributed by atoms with E-state index in [4.69, 9.17) is 4.74 Å². The molecular weight excluding hydrogens is 374 g/mol. The molecule has 1 fully saturated rings. The molecule has 0 spiro atoms. The molecule has 1 aromatic rings. The monoisotopic (exact) mass is 409 g/mol. The number of carbonyl (C=O) groups is 2. The second kappa shape index (κ2) is 10.6. The normalized spacial score (nSPS) is 16.9. The predicted octanol–water partition coefficient (Wildman–Crippen LogP) is 2.06. The third kappa shape index (κ3) is 7.64. The van der Waals surface area contributed by atoms with Crippen molar-refractivity contribution in [1.29, 1.82) is 0 Å². The molecule has 164 valence electrons. The van der Waals surface area contributed by atoms with Crippen LogP contribution in [-0.4, -0.2) is 68.3 Å². The van der Waals surface area contributed by atoms with Gasteiger partial charge in [0.25, 0.3) is 0 Å². The van der Waals surface area contributed by atoms with Crippen LogP contribution < -0.4 is 5.32 Å². The van der Waals surface area contributed by atoms with Crippen LogP contribution in [0.2, 0.25) is 0 Å². The highest BCUT2D eigenvalue weighted by Crippen LogP contribution is 2.19. The summed E-state index contributed by atoms with van der Waals surface area (Å²) in [6.07, 6.45) is 5.87. The standard InChI is InChI=1S/C20H35N5O4/c1-15(26)17(18(27)24-12-8-5-9-13-24)25-14-16(22-23-25)10-6-7-11-21-19(28)29-20(2,3)4/h14-15,17,26H,5-13H2,1-4H3,(H,21,28)/t15?,17-/m0/s1. The van der Waals surface area contributed by atoms with E-state index in [-0.39, 0.29) is 5.91 Å². The molecule has 1 aromatic heterocycles. The minimum Gasteiger partial charge on any atom is -0.444 e. The highest BCUT2D eigenvalue weighted by atomic mass is 16.6. The highest BCUT2D eigenvalue weighted by Gasteiger charge is 2.31. The Hall–Kier alpha value is -2.16. The zero-order valence-electron chi connectivity index (χ0n) is 18.1. The Balaban J connectivity index is 1.80. The maximum absolute atomic E-state index is 12.8. The molecule has 1 aliphatic heterocycles. The minimum atomic E-state index is -0.850. The van der Waals surface area contributed by atoms with Gasteiger partial charge in [0, 0.05) is 25.8 Å². The number of aliphatic hydroxyl groups excluding tert-OH is 1. The van der Waals surface area contributed by atoms with E-state index in [1.165, 1.54) is 4.68 Å². The van der Waals surface area contributed by atoms with Gasteiger partial charge in [0.1, 0.15) is 5.60 Å². The molecule has 0 saturated carbocycles. The highest BCUT2D eigenvalue weighted by molar-refractivity contribution is 5.81. The molecular formula is C20H35N5O4. The Morgan fingerprint density at radius 3 is 2.55 bits per heavy atom. The average molecular weight is 410 g/mol. The molecule has 0 aliphatic carbocycles. The molecule has 2 amide bonds. The smallest absolute Gasteiger partial charge is 0.407 e. The third-order valence-electron chi connectivity index (χ3n) is 4.75. The van der Waals surface area contributed by atoms with Crippen LogP contribution in [0.4, 0.5) is 4.79 Å². The number of ether oxygens (including phenoxy) is 1. The molecule has 9 nitrogen and oxygen atoms in total. The van der Waals surface area contributed by atoms with Crippen LogP contribution in [0.5, 0.6) is 0 Å². The van der Waals surface area contributed by atoms with E-state index >= 15 is 0 Å². The van der Waals surface area contributed by atoms with Crippen LogP contribution >= 0.6 is 0 Å². The molecule has 0 radical (unpaired) electrons. The lowest BCUT2D eigenvalue weighted by Crippen LogP contribution is -2.44. The van der Waals surface area contributed by atoms with E-state index in [0.717, 1.165) is 50.9 Å². The summed E-state index contributed by atoms with van der Waals surface area (Å²) in [4.78, 5) is 26.3. The van der Waals surface area contributed by atoms with Gasteiger partial charge in [-0.3, -0.25) is 4.79 Å². The van der Waals surface area contributed by atoms with Crippen LogP contribution in [0, 0.1) is 0 Å². The molecule has 0 bridgehead atoms. The summed E-state index contributed by atoms with van der Waals surface area (Å²) in [5.74, 6) is -0.0993. The Morgan fingerprint density at radius 2 is 1.93 bits per heavy atom. The number of unbranched alkanes of at least 4 members (excludes halogenated alkanes) is 1. The first-order valence-electron chi connectivity index (χ1n) is 10.5. The summed E-state index contributed by atoms with van der Waals surface area (Å²) in [6.45, 7) is 9.07. The molecule has 2 rings (SSSR count). The third-order valence-corrected chi connectivity index (χ3v) is 4.75. The van der Waals surface area contributed by atoms with Gasteiger partial charge in [-0.05, 0) is 66.2 Å². The number of aromatic nitrogens is 3. The SMILES string of the molecule is CC(O)[C@@H](C(=O)N1CCCCC1)n1cc(CCCCNC(=O)OC(C)(C)C)nn1. The van der Waals surface area contributed by atoms with Crippen molar-refractivity contribution < 1.29 is 19.4 Å². The fourth-order valence-electron chi connectivity index (χ4n) is 3.34. The number of aliphatic hydroxyl groups is 1.